The third-order valence-electron chi connectivity index (χ3n) is 5.29. The summed E-state index contributed by atoms with van der Waals surface area (Å²) in [4.78, 5) is 31.8. The van der Waals surface area contributed by atoms with Gasteiger partial charge in [-0.15, -0.1) is 0 Å². The van der Waals surface area contributed by atoms with E-state index in [0.717, 1.165) is 22.2 Å². The Hall–Kier alpha value is -2.99. The van der Waals surface area contributed by atoms with E-state index in [1.165, 1.54) is 0 Å². The average Bonchev–Trinajstić information content (AvgIpc) is 3.16. The van der Waals surface area contributed by atoms with E-state index in [1.54, 1.807) is 4.90 Å². The number of para-hydroxylation sites is 1. The van der Waals surface area contributed by atoms with Gasteiger partial charge in [0.15, 0.2) is 0 Å². The molecule has 0 aliphatic carbocycles. The highest BCUT2D eigenvalue weighted by Crippen LogP contribution is 2.21. The molecule has 3 aromatic rings. The molecule has 2 heterocycles. The van der Waals surface area contributed by atoms with Crippen molar-refractivity contribution in [3.63, 3.8) is 0 Å². The number of hydrogen-bond donors (Lipinski definition) is 2. The standard InChI is InChI=1S/C22H23ClN4O2/c23-17-4-3-5-18(14-17)26-10-12-27(13-11-26)22(29)21(28)24-9-8-16-15-25-20-7-2-1-6-19(16)20/h1-7,14-15,25H,8-13H2,(H,24,28). The largest absolute Gasteiger partial charge is 0.368 e. The number of nitrogens with one attached hydrogen (secondary N) is 2. The Kier molecular flexibility index (Phi) is 5.71. The van der Waals surface area contributed by atoms with Crippen molar-refractivity contribution in [3.05, 3.63) is 65.3 Å². The van der Waals surface area contributed by atoms with Crippen LogP contribution in [0.25, 0.3) is 10.9 Å². The van der Waals surface area contributed by atoms with Gasteiger partial charge in [-0.25, -0.2) is 0 Å². The lowest BCUT2D eigenvalue weighted by atomic mass is 10.1. The minimum atomic E-state index is -0.541. The van der Waals surface area contributed by atoms with Crippen molar-refractivity contribution in [2.45, 2.75) is 6.42 Å². The fourth-order valence-corrected chi connectivity index (χ4v) is 3.89. The summed E-state index contributed by atoms with van der Waals surface area (Å²) < 4.78 is 0. The fourth-order valence-electron chi connectivity index (χ4n) is 3.71. The predicted octanol–water partition coefficient (Wildman–Crippen LogP) is 2.83. The maximum atomic E-state index is 12.5. The molecule has 1 aromatic heterocycles. The molecule has 0 spiro atoms. The fraction of sp³-hybridized carbons (Fsp3) is 0.273. The smallest absolute Gasteiger partial charge is 0.312 e. The van der Waals surface area contributed by atoms with E-state index in [0.29, 0.717) is 44.2 Å². The number of carbonyl (C=O) groups excluding carboxylic acids is 2. The molecular weight excluding hydrogens is 388 g/mol. The molecule has 0 radical (unpaired) electrons. The molecular formula is C22H23ClN4O2. The summed E-state index contributed by atoms with van der Waals surface area (Å²) in [5.41, 5.74) is 3.23. The number of H-pyrrole nitrogens is 1. The van der Waals surface area contributed by atoms with Crippen LogP contribution in [0.15, 0.2) is 54.7 Å². The van der Waals surface area contributed by atoms with Crippen molar-refractivity contribution in [3.8, 4) is 0 Å². The number of fused-ring (bicyclic) bond motifs is 1. The lowest BCUT2D eigenvalue weighted by Crippen LogP contribution is -2.52. The third kappa shape index (κ3) is 4.38. The van der Waals surface area contributed by atoms with Gasteiger partial charge in [0.2, 0.25) is 0 Å². The van der Waals surface area contributed by atoms with Crippen molar-refractivity contribution >= 4 is 40.0 Å². The number of benzene rings is 2. The Balaban J connectivity index is 1.26. The molecule has 2 aromatic carbocycles. The SMILES string of the molecule is O=C(NCCc1c[nH]c2ccccc12)C(=O)N1CCN(c2cccc(Cl)c2)CC1. The lowest BCUT2D eigenvalue weighted by Gasteiger charge is -2.35. The van der Waals surface area contributed by atoms with Gasteiger partial charge in [-0.2, -0.15) is 0 Å². The van der Waals surface area contributed by atoms with Gasteiger partial charge in [-0.1, -0.05) is 35.9 Å². The first-order valence-electron chi connectivity index (χ1n) is 9.74. The van der Waals surface area contributed by atoms with Crippen LogP contribution in [0.1, 0.15) is 5.56 Å². The zero-order valence-electron chi connectivity index (χ0n) is 16.0. The number of piperazine rings is 1. The summed E-state index contributed by atoms with van der Waals surface area (Å²) in [6, 6.07) is 15.7. The summed E-state index contributed by atoms with van der Waals surface area (Å²) in [5.74, 6) is -1.00. The molecule has 0 unspecified atom stereocenters. The van der Waals surface area contributed by atoms with Crippen LogP contribution in [0.2, 0.25) is 5.02 Å². The molecule has 6 nitrogen and oxygen atoms in total. The van der Waals surface area contributed by atoms with Crippen molar-refractivity contribution in [1.29, 1.82) is 0 Å². The van der Waals surface area contributed by atoms with E-state index in [-0.39, 0.29) is 0 Å². The molecule has 0 atom stereocenters. The number of aromatic nitrogens is 1. The number of aromatic amines is 1. The zero-order valence-corrected chi connectivity index (χ0v) is 16.8. The van der Waals surface area contributed by atoms with Crippen LogP contribution in [0.5, 0.6) is 0 Å². The van der Waals surface area contributed by atoms with Gasteiger partial charge in [-0.3, -0.25) is 9.59 Å². The van der Waals surface area contributed by atoms with Gasteiger partial charge >= 0.3 is 11.8 Å². The summed E-state index contributed by atoms with van der Waals surface area (Å²) in [7, 11) is 0. The highest BCUT2D eigenvalue weighted by atomic mass is 35.5. The number of hydrogen-bond acceptors (Lipinski definition) is 3. The molecule has 1 fully saturated rings. The van der Waals surface area contributed by atoms with Gasteiger partial charge < -0.3 is 20.1 Å². The number of halogens is 1. The predicted molar refractivity (Wildman–Crippen MR) is 115 cm³/mol. The maximum absolute atomic E-state index is 12.5. The van der Waals surface area contributed by atoms with E-state index >= 15 is 0 Å². The van der Waals surface area contributed by atoms with Crippen LogP contribution in [0.4, 0.5) is 5.69 Å². The first kappa shape index (κ1) is 19.3. The number of anilines is 1. The molecule has 2 N–H and O–H groups in total. The molecule has 0 saturated carbocycles. The normalized spacial score (nSPS) is 14.2. The van der Waals surface area contributed by atoms with E-state index in [1.807, 2.05) is 54.7 Å². The second-order valence-electron chi connectivity index (χ2n) is 7.12. The van der Waals surface area contributed by atoms with Gasteiger partial charge in [0.25, 0.3) is 0 Å². The number of amides is 2. The molecule has 1 aliphatic heterocycles. The zero-order chi connectivity index (χ0) is 20.2. The van der Waals surface area contributed by atoms with Gasteiger partial charge in [-0.05, 0) is 36.2 Å². The Labute approximate surface area is 174 Å². The van der Waals surface area contributed by atoms with Gasteiger partial charge in [0.1, 0.15) is 0 Å². The molecule has 150 valence electrons. The Bertz CT molecular complexity index is 1020. The second-order valence-corrected chi connectivity index (χ2v) is 7.56. The monoisotopic (exact) mass is 410 g/mol. The summed E-state index contributed by atoms with van der Waals surface area (Å²) >= 11 is 6.06. The first-order valence-corrected chi connectivity index (χ1v) is 10.1. The third-order valence-corrected chi connectivity index (χ3v) is 5.52. The van der Waals surface area contributed by atoms with Crippen molar-refractivity contribution in [2.24, 2.45) is 0 Å². The molecule has 1 aliphatic rings. The van der Waals surface area contributed by atoms with Crippen LogP contribution in [0.3, 0.4) is 0 Å². The molecule has 0 bridgehead atoms. The summed E-state index contributed by atoms with van der Waals surface area (Å²) in [6.45, 7) is 2.81. The van der Waals surface area contributed by atoms with Crippen LogP contribution in [-0.2, 0) is 16.0 Å². The van der Waals surface area contributed by atoms with Crippen LogP contribution < -0.4 is 10.2 Å². The lowest BCUT2D eigenvalue weighted by molar-refractivity contribution is -0.146. The first-order chi connectivity index (χ1) is 14.1. The van der Waals surface area contributed by atoms with E-state index in [4.69, 9.17) is 11.6 Å². The quantitative estimate of drug-likeness (QED) is 0.650. The van der Waals surface area contributed by atoms with Gasteiger partial charge in [0, 0.05) is 60.5 Å². The van der Waals surface area contributed by atoms with Crippen molar-refractivity contribution in [2.75, 3.05) is 37.6 Å². The maximum Gasteiger partial charge on any atom is 0.312 e. The van der Waals surface area contributed by atoms with Crippen LogP contribution in [0, 0.1) is 0 Å². The number of carbonyl (C=O) groups is 2. The molecule has 1 saturated heterocycles. The van der Waals surface area contributed by atoms with Crippen molar-refractivity contribution in [1.82, 2.24) is 15.2 Å². The van der Waals surface area contributed by atoms with Gasteiger partial charge in [0.05, 0.1) is 0 Å². The molecule has 4 rings (SSSR count). The minimum Gasteiger partial charge on any atom is -0.368 e. The molecule has 7 heteroatoms. The Morgan fingerprint density at radius 2 is 1.83 bits per heavy atom. The minimum absolute atomic E-state index is 0.425. The topological polar surface area (TPSA) is 68.4 Å². The Morgan fingerprint density at radius 3 is 2.62 bits per heavy atom. The summed E-state index contributed by atoms with van der Waals surface area (Å²) in [5, 5.41) is 4.59. The number of rotatable bonds is 4. The highest BCUT2D eigenvalue weighted by molar-refractivity contribution is 6.35. The second kappa shape index (κ2) is 8.57. The van der Waals surface area contributed by atoms with Crippen LogP contribution in [-0.4, -0.2) is 54.4 Å². The van der Waals surface area contributed by atoms with Crippen molar-refractivity contribution < 1.29 is 9.59 Å². The highest BCUT2D eigenvalue weighted by Gasteiger charge is 2.26. The molecule has 29 heavy (non-hydrogen) atoms. The number of nitrogens with zero attached hydrogens (tertiary/aromatic N) is 2. The van der Waals surface area contributed by atoms with Crippen LogP contribution >= 0.6 is 11.6 Å². The molecule has 2 amide bonds. The summed E-state index contributed by atoms with van der Waals surface area (Å²) in [6.07, 6.45) is 2.62. The van der Waals surface area contributed by atoms with E-state index in [9.17, 15) is 9.59 Å². The Morgan fingerprint density at radius 1 is 1.03 bits per heavy atom. The van der Waals surface area contributed by atoms with E-state index < -0.39 is 11.8 Å². The van der Waals surface area contributed by atoms with E-state index in [2.05, 4.69) is 15.2 Å². The average molecular weight is 411 g/mol.